The van der Waals surface area contributed by atoms with E-state index in [1.165, 1.54) is 0 Å². The van der Waals surface area contributed by atoms with Crippen LogP contribution in [0.2, 0.25) is 0 Å². The number of amides is 1. The molecule has 4 nitrogen and oxygen atoms in total. The zero-order valence-corrected chi connectivity index (χ0v) is 12.2. The lowest BCUT2D eigenvalue weighted by molar-refractivity contribution is -0.123. The Balaban J connectivity index is 2.60. The molecular formula is C15H24N2O2. The van der Waals surface area contributed by atoms with Crippen LogP contribution >= 0.6 is 0 Å². The molecule has 1 rings (SSSR count). The molecule has 0 fully saturated rings. The zero-order chi connectivity index (χ0) is 14.4. The number of nitrogens with two attached hydrogens (primary N) is 1. The maximum atomic E-state index is 11.6. The Morgan fingerprint density at radius 1 is 1.37 bits per heavy atom. The van der Waals surface area contributed by atoms with Crippen LogP contribution in [0, 0.1) is 12.8 Å². The third kappa shape index (κ3) is 5.30. The quantitative estimate of drug-likeness (QED) is 0.827. The fourth-order valence-corrected chi connectivity index (χ4v) is 1.67. The second-order valence-electron chi connectivity index (χ2n) is 5.32. The number of carbonyl (C=O) groups is 1. The third-order valence-corrected chi connectivity index (χ3v) is 2.72. The Morgan fingerprint density at radius 2 is 2.05 bits per heavy atom. The van der Waals surface area contributed by atoms with E-state index in [0.29, 0.717) is 18.2 Å². The van der Waals surface area contributed by atoms with E-state index in [2.05, 4.69) is 19.2 Å². The van der Waals surface area contributed by atoms with Crippen LogP contribution in [0.15, 0.2) is 18.2 Å². The van der Waals surface area contributed by atoms with Crippen molar-refractivity contribution >= 4 is 5.91 Å². The maximum absolute atomic E-state index is 11.6. The van der Waals surface area contributed by atoms with E-state index in [9.17, 15) is 4.79 Å². The van der Waals surface area contributed by atoms with Gasteiger partial charge < -0.3 is 15.8 Å². The van der Waals surface area contributed by atoms with Crippen LogP contribution in [0.3, 0.4) is 0 Å². The Morgan fingerprint density at radius 3 is 2.63 bits per heavy atom. The van der Waals surface area contributed by atoms with Crippen LogP contribution in [-0.2, 0) is 4.79 Å². The van der Waals surface area contributed by atoms with E-state index < -0.39 is 0 Å². The van der Waals surface area contributed by atoms with Crippen LogP contribution in [0.5, 0.6) is 5.75 Å². The molecule has 0 aliphatic rings. The smallest absolute Gasteiger partial charge is 0.257 e. The fraction of sp³-hybridized carbons (Fsp3) is 0.533. The van der Waals surface area contributed by atoms with Crippen molar-refractivity contribution in [2.45, 2.75) is 33.7 Å². The van der Waals surface area contributed by atoms with Gasteiger partial charge in [0, 0.05) is 18.2 Å². The molecule has 1 aromatic rings. The van der Waals surface area contributed by atoms with E-state index >= 15 is 0 Å². The first-order valence-corrected chi connectivity index (χ1v) is 6.65. The number of hydrogen-bond donors (Lipinski definition) is 2. The van der Waals surface area contributed by atoms with E-state index in [0.717, 1.165) is 11.1 Å². The molecule has 19 heavy (non-hydrogen) atoms. The highest BCUT2D eigenvalue weighted by Gasteiger charge is 2.10. The van der Waals surface area contributed by atoms with E-state index in [1.54, 1.807) is 0 Å². The zero-order valence-electron chi connectivity index (χ0n) is 12.2. The molecule has 0 heterocycles. The van der Waals surface area contributed by atoms with Crippen molar-refractivity contribution in [2.75, 3.05) is 13.2 Å². The molecule has 3 N–H and O–H groups in total. The topological polar surface area (TPSA) is 64.3 Å². The third-order valence-electron chi connectivity index (χ3n) is 2.72. The Labute approximate surface area is 115 Å². The first-order chi connectivity index (χ1) is 8.90. The van der Waals surface area contributed by atoms with E-state index in [-0.39, 0.29) is 18.6 Å². The average Bonchev–Trinajstić information content (AvgIpc) is 2.34. The van der Waals surface area contributed by atoms with Crippen molar-refractivity contribution in [3.05, 3.63) is 29.3 Å². The standard InChI is InChI=1S/C15H24N2O2/c1-10(2)8-17-15(18)9-19-14-6-5-11(3)7-13(14)12(4)16/h5-7,10,12H,8-9,16H2,1-4H3,(H,17,18)/t12-/m0/s1. The van der Waals surface area contributed by atoms with Gasteiger partial charge in [-0.05, 0) is 25.8 Å². The minimum absolute atomic E-state index is 0.0233. The summed E-state index contributed by atoms with van der Waals surface area (Å²) in [6.45, 7) is 8.70. The van der Waals surface area contributed by atoms with Crippen molar-refractivity contribution < 1.29 is 9.53 Å². The molecule has 0 bridgehead atoms. The minimum atomic E-state index is -0.117. The van der Waals surface area contributed by atoms with Gasteiger partial charge in [-0.3, -0.25) is 4.79 Å². The fourth-order valence-electron chi connectivity index (χ4n) is 1.67. The Hall–Kier alpha value is -1.55. The first-order valence-electron chi connectivity index (χ1n) is 6.65. The number of ether oxygens (including phenoxy) is 1. The Kier molecular flexibility index (Phi) is 5.83. The maximum Gasteiger partial charge on any atom is 0.257 e. The van der Waals surface area contributed by atoms with Gasteiger partial charge in [0.15, 0.2) is 6.61 Å². The SMILES string of the molecule is Cc1ccc(OCC(=O)NCC(C)C)c([C@H](C)N)c1. The van der Waals surface area contributed by atoms with Crippen LogP contribution in [0.1, 0.15) is 37.9 Å². The summed E-state index contributed by atoms with van der Waals surface area (Å²) >= 11 is 0. The summed E-state index contributed by atoms with van der Waals surface area (Å²) in [7, 11) is 0. The van der Waals surface area contributed by atoms with Crippen LogP contribution in [0.25, 0.3) is 0 Å². The molecule has 0 aromatic heterocycles. The minimum Gasteiger partial charge on any atom is -0.483 e. The lowest BCUT2D eigenvalue weighted by Crippen LogP contribution is -2.31. The second-order valence-corrected chi connectivity index (χ2v) is 5.32. The largest absolute Gasteiger partial charge is 0.483 e. The van der Waals surface area contributed by atoms with Gasteiger partial charge in [0.1, 0.15) is 5.75 Å². The van der Waals surface area contributed by atoms with Gasteiger partial charge in [-0.25, -0.2) is 0 Å². The molecule has 106 valence electrons. The van der Waals surface area contributed by atoms with Gasteiger partial charge in [-0.1, -0.05) is 31.5 Å². The molecule has 0 saturated carbocycles. The molecule has 1 aromatic carbocycles. The highest BCUT2D eigenvalue weighted by molar-refractivity contribution is 5.77. The normalized spacial score (nSPS) is 12.3. The molecule has 0 unspecified atom stereocenters. The Bertz CT molecular complexity index is 428. The second kappa shape index (κ2) is 7.14. The molecule has 1 atom stereocenters. The van der Waals surface area contributed by atoms with Crippen LogP contribution < -0.4 is 15.8 Å². The molecular weight excluding hydrogens is 240 g/mol. The number of rotatable bonds is 6. The molecule has 0 spiro atoms. The lowest BCUT2D eigenvalue weighted by Gasteiger charge is -2.15. The predicted molar refractivity (Wildman–Crippen MR) is 77.1 cm³/mol. The van der Waals surface area contributed by atoms with Gasteiger partial charge >= 0.3 is 0 Å². The number of nitrogens with one attached hydrogen (secondary N) is 1. The molecule has 0 radical (unpaired) electrons. The summed E-state index contributed by atoms with van der Waals surface area (Å²) in [5.41, 5.74) is 7.96. The van der Waals surface area contributed by atoms with Crippen molar-refractivity contribution in [1.82, 2.24) is 5.32 Å². The van der Waals surface area contributed by atoms with Crippen LogP contribution in [0.4, 0.5) is 0 Å². The predicted octanol–water partition coefficient (Wildman–Crippen LogP) is 2.17. The van der Waals surface area contributed by atoms with Gasteiger partial charge in [0.05, 0.1) is 0 Å². The molecule has 0 saturated heterocycles. The molecule has 4 heteroatoms. The van der Waals surface area contributed by atoms with Crippen molar-refractivity contribution in [2.24, 2.45) is 11.7 Å². The molecule has 0 aliphatic carbocycles. The first kappa shape index (κ1) is 15.5. The molecule has 1 amide bonds. The summed E-state index contributed by atoms with van der Waals surface area (Å²) in [6.07, 6.45) is 0. The average molecular weight is 264 g/mol. The van der Waals surface area contributed by atoms with Crippen molar-refractivity contribution in [3.63, 3.8) is 0 Å². The van der Waals surface area contributed by atoms with Gasteiger partial charge in [-0.15, -0.1) is 0 Å². The summed E-state index contributed by atoms with van der Waals surface area (Å²) in [6, 6.07) is 5.69. The summed E-state index contributed by atoms with van der Waals surface area (Å²) < 4.78 is 5.56. The summed E-state index contributed by atoms with van der Waals surface area (Å²) in [5.74, 6) is 1.01. The van der Waals surface area contributed by atoms with E-state index in [4.69, 9.17) is 10.5 Å². The van der Waals surface area contributed by atoms with Crippen molar-refractivity contribution in [3.8, 4) is 5.75 Å². The monoisotopic (exact) mass is 264 g/mol. The number of benzene rings is 1. The van der Waals surface area contributed by atoms with Gasteiger partial charge in [-0.2, -0.15) is 0 Å². The number of aryl methyl sites for hydroxylation is 1. The number of carbonyl (C=O) groups excluding carboxylic acids is 1. The number of hydrogen-bond acceptors (Lipinski definition) is 3. The van der Waals surface area contributed by atoms with Crippen LogP contribution in [-0.4, -0.2) is 19.1 Å². The highest BCUT2D eigenvalue weighted by Crippen LogP contribution is 2.24. The highest BCUT2D eigenvalue weighted by atomic mass is 16.5. The lowest BCUT2D eigenvalue weighted by atomic mass is 10.1. The summed E-state index contributed by atoms with van der Waals surface area (Å²) in [5, 5.41) is 2.82. The van der Waals surface area contributed by atoms with Gasteiger partial charge in [0.25, 0.3) is 5.91 Å². The summed E-state index contributed by atoms with van der Waals surface area (Å²) in [4.78, 5) is 11.6. The van der Waals surface area contributed by atoms with Gasteiger partial charge in [0.2, 0.25) is 0 Å². The van der Waals surface area contributed by atoms with Crippen molar-refractivity contribution in [1.29, 1.82) is 0 Å². The van der Waals surface area contributed by atoms with E-state index in [1.807, 2.05) is 32.0 Å². The molecule has 0 aliphatic heterocycles.